The number of rotatable bonds is 8. The Hall–Kier alpha value is -3.20. The molecule has 144 valence electrons. The quantitative estimate of drug-likeness (QED) is 0.220. The molecule has 0 bridgehead atoms. The van der Waals surface area contributed by atoms with Gasteiger partial charge < -0.3 is 4.74 Å². The van der Waals surface area contributed by atoms with Crippen molar-refractivity contribution in [3.63, 3.8) is 0 Å². The third-order valence-corrected chi connectivity index (χ3v) is 4.68. The Morgan fingerprint density at radius 2 is 2.04 bits per heavy atom. The number of hydrogen-bond acceptors (Lipinski definition) is 5. The molecule has 3 rings (SSSR count). The number of alkyl halides is 2. The number of nitrogens with zero attached hydrogens (tertiary/aromatic N) is 3. The van der Waals surface area contributed by atoms with Crippen molar-refractivity contribution >= 4 is 17.4 Å². The molecule has 28 heavy (non-hydrogen) atoms. The van der Waals surface area contributed by atoms with Crippen LogP contribution in [0.5, 0.6) is 5.75 Å². The zero-order valence-electron chi connectivity index (χ0n) is 14.5. The second-order valence-corrected chi connectivity index (χ2v) is 6.53. The van der Waals surface area contributed by atoms with E-state index >= 15 is 0 Å². The number of halogens is 2. The number of nitro benzene ring substituents is 1. The van der Waals surface area contributed by atoms with Crippen LogP contribution in [0.2, 0.25) is 0 Å². The van der Waals surface area contributed by atoms with Gasteiger partial charge in [-0.1, -0.05) is 30.0 Å². The van der Waals surface area contributed by atoms with Crippen LogP contribution < -0.4 is 4.74 Å². The Morgan fingerprint density at radius 1 is 1.29 bits per heavy atom. The van der Waals surface area contributed by atoms with Crippen LogP contribution in [-0.2, 0) is 0 Å². The minimum atomic E-state index is -2.90. The van der Waals surface area contributed by atoms with E-state index in [1.165, 1.54) is 36.0 Å². The highest BCUT2D eigenvalue weighted by Crippen LogP contribution is 2.32. The van der Waals surface area contributed by atoms with Crippen LogP contribution in [0.15, 0.2) is 72.5 Å². The second kappa shape index (κ2) is 8.66. The fourth-order valence-electron chi connectivity index (χ4n) is 2.58. The van der Waals surface area contributed by atoms with Crippen molar-refractivity contribution in [2.75, 3.05) is 5.75 Å². The van der Waals surface area contributed by atoms with E-state index in [1.54, 1.807) is 41.1 Å². The first kappa shape index (κ1) is 19.6. The van der Waals surface area contributed by atoms with Gasteiger partial charge in [-0.05, 0) is 24.3 Å². The highest BCUT2D eigenvalue weighted by atomic mass is 32.2. The van der Waals surface area contributed by atoms with Crippen molar-refractivity contribution in [3.05, 3.63) is 77.5 Å². The molecule has 0 amide bonds. The molecule has 0 N–H and O–H groups in total. The van der Waals surface area contributed by atoms with Gasteiger partial charge in [0.1, 0.15) is 5.75 Å². The Balaban J connectivity index is 2.07. The molecule has 2 aromatic carbocycles. The van der Waals surface area contributed by atoms with Gasteiger partial charge in [0.15, 0.2) is 5.16 Å². The molecule has 3 aromatic rings. The lowest BCUT2D eigenvalue weighted by Crippen LogP contribution is -2.03. The lowest BCUT2D eigenvalue weighted by molar-refractivity contribution is -0.384. The first-order valence-corrected chi connectivity index (χ1v) is 9.09. The Morgan fingerprint density at radius 3 is 2.68 bits per heavy atom. The van der Waals surface area contributed by atoms with Gasteiger partial charge >= 0.3 is 6.61 Å². The number of aromatic nitrogens is 2. The van der Waals surface area contributed by atoms with Crippen molar-refractivity contribution in [2.45, 2.75) is 11.8 Å². The number of ether oxygens (including phenoxy) is 1. The van der Waals surface area contributed by atoms with Crippen molar-refractivity contribution < 1.29 is 18.4 Å². The molecule has 9 heteroatoms. The highest BCUT2D eigenvalue weighted by Gasteiger charge is 2.16. The third-order valence-electron chi connectivity index (χ3n) is 3.73. The van der Waals surface area contributed by atoms with Crippen LogP contribution >= 0.6 is 11.8 Å². The van der Waals surface area contributed by atoms with Crippen molar-refractivity contribution in [3.8, 4) is 22.7 Å². The summed E-state index contributed by atoms with van der Waals surface area (Å²) in [6.45, 7) is 0.788. The highest BCUT2D eigenvalue weighted by molar-refractivity contribution is 7.99. The van der Waals surface area contributed by atoms with Gasteiger partial charge in [0.2, 0.25) is 0 Å². The summed E-state index contributed by atoms with van der Waals surface area (Å²) in [5, 5.41) is 11.7. The fraction of sp³-hybridized carbons (Fsp3) is 0.105. The van der Waals surface area contributed by atoms with Crippen molar-refractivity contribution in [1.29, 1.82) is 0 Å². The molecule has 0 aliphatic heterocycles. The van der Waals surface area contributed by atoms with Gasteiger partial charge in [0, 0.05) is 29.1 Å². The molecule has 0 saturated heterocycles. The first-order valence-electron chi connectivity index (χ1n) is 8.11. The zero-order chi connectivity index (χ0) is 20.1. The summed E-state index contributed by atoms with van der Waals surface area (Å²) >= 11 is 1.43. The number of non-ortho nitro benzene ring substituents is 1. The summed E-state index contributed by atoms with van der Waals surface area (Å²) in [5.41, 5.74) is 1.87. The lowest BCUT2D eigenvalue weighted by Gasteiger charge is -2.13. The number of benzene rings is 2. The summed E-state index contributed by atoms with van der Waals surface area (Å²) in [4.78, 5) is 15.0. The SMILES string of the molecule is C=CCSc1ncc(-c2cccc([N+](=O)[O-])c2)n1-c1ccc(OC(F)F)cc1. The monoisotopic (exact) mass is 403 g/mol. The number of thioether (sulfide) groups is 1. The Labute approximate surface area is 163 Å². The maximum atomic E-state index is 12.4. The predicted molar refractivity (Wildman–Crippen MR) is 103 cm³/mol. The topological polar surface area (TPSA) is 70.2 Å². The Kier molecular flexibility index (Phi) is 6.05. The fourth-order valence-corrected chi connectivity index (χ4v) is 3.31. The Bertz CT molecular complexity index is 990. The summed E-state index contributed by atoms with van der Waals surface area (Å²) in [6.07, 6.45) is 3.35. The van der Waals surface area contributed by atoms with Gasteiger partial charge in [-0.25, -0.2) is 4.98 Å². The van der Waals surface area contributed by atoms with E-state index in [0.29, 0.717) is 27.9 Å². The maximum Gasteiger partial charge on any atom is 0.387 e. The largest absolute Gasteiger partial charge is 0.435 e. The van der Waals surface area contributed by atoms with E-state index in [4.69, 9.17) is 0 Å². The van der Waals surface area contributed by atoms with Crippen LogP contribution in [0.25, 0.3) is 16.9 Å². The minimum absolute atomic E-state index is 0.0359. The molecule has 0 radical (unpaired) electrons. The molecule has 6 nitrogen and oxygen atoms in total. The normalized spacial score (nSPS) is 10.8. The summed E-state index contributed by atoms with van der Waals surface area (Å²) in [7, 11) is 0. The molecule has 1 aromatic heterocycles. The first-order chi connectivity index (χ1) is 13.5. The predicted octanol–water partition coefficient (Wildman–Crippen LogP) is 5.33. The van der Waals surface area contributed by atoms with E-state index in [9.17, 15) is 18.9 Å². The van der Waals surface area contributed by atoms with Gasteiger partial charge in [-0.3, -0.25) is 14.7 Å². The van der Waals surface area contributed by atoms with Crippen LogP contribution in [-0.4, -0.2) is 26.8 Å². The number of hydrogen-bond donors (Lipinski definition) is 0. The molecule has 0 aliphatic rings. The number of nitro groups is 1. The molecular weight excluding hydrogens is 388 g/mol. The molecule has 0 saturated carbocycles. The average molecular weight is 403 g/mol. The van der Waals surface area contributed by atoms with Crippen molar-refractivity contribution in [2.24, 2.45) is 0 Å². The van der Waals surface area contributed by atoms with Crippen LogP contribution in [0.4, 0.5) is 14.5 Å². The smallest absolute Gasteiger partial charge is 0.387 e. The summed E-state index contributed by atoms with van der Waals surface area (Å²) in [6, 6.07) is 12.3. The second-order valence-electron chi connectivity index (χ2n) is 5.54. The van der Waals surface area contributed by atoms with Crippen LogP contribution in [0, 0.1) is 10.1 Å². The lowest BCUT2D eigenvalue weighted by atomic mass is 10.1. The minimum Gasteiger partial charge on any atom is -0.435 e. The molecule has 1 heterocycles. The average Bonchev–Trinajstić information content (AvgIpc) is 3.10. The third kappa shape index (κ3) is 4.37. The van der Waals surface area contributed by atoms with Gasteiger partial charge in [-0.2, -0.15) is 8.78 Å². The van der Waals surface area contributed by atoms with Crippen LogP contribution in [0.3, 0.4) is 0 Å². The van der Waals surface area contributed by atoms with E-state index in [1.807, 2.05) is 0 Å². The standard InChI is InChI=1S/C19H15F2N3O3S/c1-2-10-28-19-22-12-17(13-4-3-5-15(11-13)24(25)26)23(19)14-6-8-16(9-7-14)27-18(20)21/h2-9,11-12,18H,1,10H2. The molecule has 0 atom stereocenters. The summed E-state index contributed by atoms with van der Waals surface area (Å²) in [5.74, 6) is 0.647. The maximum absolute atomic E-state index is 12.4. The van der Waals surface area contributed by atoms with Gasteiger partial charge in [-0.15, -0.1) is 6.58 Å². The van der Waals surface area contributed by atoms with E-state index in [-0.39, 0.29) is 11.4 Å². The molecule has 0 unspecified atom stereocenters. The van der Waals surface area contributed by atoms with Gasteiger partial charge in [0.05, 0.1) is 16.8 Å². The number of imidazole rings is 1. The van der Waals surface area contributed by atoms with E-state index in [0.717, 1.165) is 0 Å². The van der Waals surface area contributed by atoms with Crippen LogP contribution in [0.1, 0.15) is 0 Å². The zero-order valence-corrected chi connectivity index (χ0v) is 15.3. The molecule has 0 aliphatic carbocycles. The molecular formula is C19H15F2N3O3S. The van der Waals surface area contributed by atoms with E-state index in [2.05, 4.69) is 16.3 Å². The van der Waals surface area contributed by atoms with Gasteiger partial charge in [0.25, 0.3) is 5.69 Å². The van der Waals surface area contributed by atoms with Crippen molar-refractivity contribution in [1.82, 2.24) is 9.55 Å². The molecule has 0 fully saturated rings. The van der Waals surface area contributed by atoms with E-state index < -0.39 is 11.5 Å². The molecule has 0 spiro atoms. The summed E-state index contributed by atoms with van der Waals surface area (Å²) < 4.78 is 31.0.